The van der Waals surface area contributed by atoms with E-state index in [-0.39, 0.29) is 12.2 Å². The molecule has 128 valence electrons. The van der Waals surface area contributed by atoms with Gasteiger partial charge in [0.05, 0.1) is 12.5 Å². The van der Waals surface area contributed by atoms with E-state index in [0.29, 0.717) is 38.0 Å². The number of aryl methyl sites for hydroxylation is 1. The topological polar surface area (TPSA) is 90.5 Å². The Balaban J connectivity index is 1.77. The molecule has 0 saturated carbocycles. The fourth-order valence-electron chi connectivity index (χ4n) is 2.75. The SMILES string of the molecule is COC(=O)c1sc2nc([C@@H]3COc4ccccc4O3)[nH]c(=O)c2c1C. The summed E-state index contributed by atoms with van der Waals surface area (Å²) >= 11 is 1.13. The lowest BCUT2D eigenvalue weighted by Crippen LogP contribution is -2.26. The Hall–Kier alpha value is -2.87. The molecule has 0 amide bonds. The van der Waals surface area contributed by atoms with E-state index in [2.05, 4.69) is 9.97 Å². The van der Waals surface area contributed by atoms with Gasteiger partial charge in [0.25, 0.3) is 5.56 Å². The molecule has 1 atom stereocenters. The van der Waals surface area contributed by atoms with Gasteiger partial charge in [-0.3, -0.25) is 4.79 Å². The molecule has 0 saturated heterocycles. The molecule has 3 heterocycles. The van der Waals surface area contributed by atoms with Crippen LogP contribution in [0.2, 0.25) is 0 Å². The number of benzene rings is 1. The lowest BCUT2D eigenvalue weighted by molar-refractivity contribution is 0.0605. The van der Waals surface area contributed by atoms with Crippen molar-refractivity contribution in [1.82, 2.24) is 9.97 Å². The third-order valence-electron chi connectivity index (χ3n) is 4.00. The van der Waals surface area contributed by atoms with E-state index < -0.39 is 12.1 Å². The minimum atomic E-state index is -0.531. The lowest BCUT2D eigenvalue weighted by atomic mass is 10.2. The molecule has 0 radical (unpaired) electrons. The maximum Gasteiger partial charge on any atom is 0.348 e. The highest BCUT2D eigenvalue weighted by Crippen LogP contribution is 2.35. The van der Waals surface area contributed by atoms with E-state index in [0.717, 1.165) is 11.3 Å². The van der Waals surface area contributed by atoms with Crippen molar-refractivity contribution in [3.63, 3.8) is 0 Å². The number of hydrogen-bond donors (Lipinski definition) is 1. The van der Waals surface area contributed by atoms with E-state index in [1.807, 2.05) is 18.2 Å². The number of nitrogens with zero attached hydrogens (tertiary/aromatic N) is 1. The standard InChI is InChI=1S/C17H14N2O5S/c1-8-12-15(20)18-14(19-16(12)25-13(8)17(21)22-2)11-7-23-9-5-3-4-6-10(9)24-11/h3-6,11H,7H2,1-2H3,(H,18,19,20)/t11-/m0/s1. The van der Waals surface area contributed by atoms with Gasteiger partial charge in [-0.1, -0.05) is 12.1 Å². The van der Waals surface area contributed by atoms with Crippen LogP contribution in [-0.2, 0) is 4.74 Å². The van der Waals surface area contributed by atoms with Gasteiger partial charge in [0.2, 0.25) is 0 Å². The predicted molar refractivity (Wildman–Crippen MR) is 91.6 cm³/mol. The molecule has 0 aliphatic carbocycles. The first-order valence-corrected chi connectivity index (χ1v) is 8.40. The van der Waals surface area contributed by atoms with Crippen molar-refractivity contribution < 1.29 is 19.0 Å². The van der Waals surface area contributed by atoms with Crippen LogP contribution >= 0.6 is 11.3 Å². The number of rotatable bonds is 2. The van der Waals surface area contributed by atoms with Crippen molar-refractivity contribution in [2.24, 2.45) is 0 Å². The molecule has 0 spiro atoms. The van der Waals surface area contributed by atoms with Crippen molar-refractivity contribution in [2.45, 2.75) is 13.0 Å². The lowest BCUT2D eigenvalue weighted by Gasteiger charge is -2.25. The number of nitrogens with one attached hydrogen (secondary N) is 1. The molecular formula is C17H14N2O5S. The monoisotopic (exact) mass is 358 g/mol. The number of esters is 1. The molecule has 7 nitrogen and oxygen atoms in total. The van der Waals surface area contributed by atoms with Gasteiger partial charge >= 0.3 is 5.97 Å². The van der Waals surface area contributed by atoms with Gasteiger partial charge in [-0.05, 0) is 24.6 Å². The van der Waals surface area contributed by atoms with Crippen LogP contribution in [0.4, 0.5) is 0 Å². The van der Waals surface area contributed by atoms with E-state index >= 15 is 0 Å². The maximum atomic E-state index is 12.5. The number of aromatic nitrogens is 2. The summed E-state index contributed by atoms with van der Waals surface area (Å²) in [6.45, 7) is 1.94. The van der Waals surface area contributed by atoms with Crippen molar-refractivity contribution in [3.8, 4) is 11.5 Å². The number of thiophene rings is 1. The van der Waals surface area contributed by atoms with Gasteiger partial charge in [0.1, 0.15) is 16.3 Å². The largest absolute Gasteiger partial charge is 0.485 e. The fraction of sp³-hybridized carbons (Fsp3) is 0.235. The van der Waals surface area contributed by atoms with E-state index in [4.69, 9.17) is 14.2 Å². The van der Waals surface area contributed by atoms with E-state index in [9.17, 15) is 9.59 Å². The number of carbonyl (C=O) groups is 1. The minimum absolute atomic E-state index is 0.236. The van der Waals surface area contributed by atoms with Gasteiger partial charge in [0, 0.05) is 0 Å². The van der Waals surface area contributed by atoms with Crippen LogP contribution in [0.25, 0.3) is 10.2 Å². The van der Waals surface area contributed by atoms with Crippen LogP contribution in [0.3, 0.4) is 0 Å². The summed E-state index contributed by atoms with van der Waals surface area (Å²) in [6.07, 6.45) is -0.531. The molecule has 3 aromatic rings. The Labute approximate surface area is 146 Å². The Bertz CT molecular complexity index is 1040. The molecule has 1 aromatic carbocycles. The normalized spacial score (nSPS) is 16.0. The van der Waals surface area contributed by atoms with Crippen LogP contribution in [0.5, 0.6) is 11.5 Å². The number of aromatic amines is 1. The van der Waals surface area contributed by atoms with Gasteiger partial charge in [-0.15, -0.1) is 11.3 Å². The summed E-state index contributed by atoms with van der Waals surface area (Å²) in [5.74, 6) is 1.14. The van der Waals surface area contributed by atoms with Gasteiger partial charge in [-0.25, -0.2) is 9.78 Å². The second kappa shape index (κ2) is 5.89. The predicted octanol–water partition coefficient (Wildman–Crippen LogP) is 2.59. The molecule has 4 rings (SSSR count). The third kappa shape index (κ3) is 2.54. The second-order valence-electron chi connectivity index (χ2n) is 5.54. The zero-order valence-electron chi connectivity index (χ0n) is 13.5. The highest BCUT2D eigenvalue weighted by molar-refractivity contribution is 7.20. The highest BCUT2D eigenvalue weighted by atomic mass is 32.1. The molecule has 2 aromatic heterocycles. The van der Waals surface area contributed by atoms with Crippen molar-refractivity contribution in [2.75, 3.05) is 13.7 Å². The molecule has 1 aliphatic heterocycles. The van der Waals surface area contributed by atoms with Crippen LogP contribution in [0.15, 0.2) is 29.1 Å². The number of H-pyrrole nitrogens is 1. The number of fused-ring (bicyclic) bond motifs is 2. The summed E-state index contributed by atoms with van der Waals surface area (Å²) in [7, 11) is 1.31. The first kappa shape index (κ1) is 15.6. The molecule has 0 unspecified atom stereocenters. The Kier molecular flexibility index (Phi) is 3.69. The third-order valence-corrected chi connectivity index (χ3v) is 5.17. The van der Waals surface area contributed by atoms with Crippen molar-refractivity contribution in [1.29, 1.82) is 0 Å². The number of hydrogen-bond acceptors (Lipinski definition) is 7. The molecule has 8 heteroatoms. The highest BCUT2D eigenvalue weighted by Gasteiger charge is 2.26. The zero-order valence-corrected chi connectivity index (χ0v) is 14.3. The number of carbonyl (C=O) groups excluding carboxylic acids is 1. The zero-order chi connectivity index (χ0) is 17.6. The fourth-order valence-corrected chi connectivity index (χ4v) is 3.86. The number of methoxy groups -OCH3 is 1. The molecular weight excluding hydrogens is 344 g/mol. The molecule has 0 fully saturated rings. The summed E-state index contributed by atoms with van der Waals surface area (Å²) in [5, 5.41) is 0.395. The first-order valence-electron chi connectivity index (χ1n) is 7.58. The number of para-hydroxylation sites is 2. The summed E-state index contributed by atoms with van der Waals surface area (Å²) in [4.78, 5) is 32.4. The summed E-state index contributed by atoms with van der Waals surface area (Å²) < 4.78 is 16.3. The van der Waals surface area contributed by atoms with Crippen LogP contribution in [0, 0.1) is 6.92 Å². The van der Waals surface area contributed by atoms with Crippen LogP contribution in [-0.4, -0.2) is 29.7 Å². The Morgan fingerprint density at radius 3 is 2.88 bits per heavy atom. The quantitative estimate of drug-likeness (QED) is 0.708. The van der Waals surface area contributed by atoms with E-state index in [1.165, 1.54) is 7.11 Å². The summed E-state index contributed by atoms with van der Waals surface area (Å²) in [5.41, 5.74) is 0.254. The average Bonchev–Trinajstić information content (AvgIpc) is 2.97. The van der Waals surface area contributed by atoms with Crippen molar-refractivity contribution in [3.05, 3.63) is 50.9 Å². The minimum Gasteiger partial charge on any atom is -0.485 e. The molecule has 0 bridgehead atoms. The molecule has 1 N–H and O–H groups in total. The van der Waals surface area contributed by atoms with E-state index in [1.54, 1.807) is 13.0 Å². The Morgan fingerprint density at radius 2 is 2.12 bits per heavy atom. The molecule has 25 heavy (non-hydrogen) atoms. The van der Waals surface area contributed by atoms with Gasteiger partial charge in [0.15, 0.2) is 23.4 Å². The molecule has 1 aliphatic rings. The van der Waals surface area contributed by atoms with Gasteiger partial charge < -0.3 is 19.2 Å². The summed E-state index contributed by atoms with van der Waals surface area (Å²) in [6, 6.07) is 7.31. The maximum absolute atomic E-state index is 12.5. The second-order valence-corrected chi connectivity index (χ2v) is 6.54. The van der Waals surface area contributed by atoms with Crippen LogP contribution in [0.1, 0.15) is 27.2 Å². The van der Waals surface area contributed by atoms with Crippen molar-refractivity contribution >= 4 is 27.5 Å². The first-order chi connectivity index (χ1) is 12.1. The Morgan fingerprint density at radius 1 is 1.36 bits per heavy atom. The van der Waals surface area contributed by atoms with Gasteiger partial charge in [-0.2, -0.15) is 0 Å². The average molecular weight is 358 g/mol. The van der Waals surface area contributed by atoms with Crippen LogP contribution < -0.4 is 15.0 Å². The number of ether oxygens (including phenoxy) is 3. The smallest absolute Gasteiger partial charge is 0.348 e.